The van der Waals surface area contributed by atoms with E-state index in [4.69, 9.17) is 4.74 Å². The van der Waals surface area contributed by atoms with Crippen LogP contribution in [0.1, 0.15) is 52.0 Å². The highest BCUT2D eigenvalue weighted by Gasteiger charge is 2.15. The number of ether oxygens (including phenoxy) is 1. The number of para-hydroxylation sites is 1. The molecule has 8 heteroatoms. The van der Waals surface area contributed by atoms with Crippen LogP contribution in [-0.2, 0) is 9.53 Å². The highest BCUT2D eigenvalue weighted by molar-refractivity contribution is 5.96. The van der Waals surface area contributed by atoms with Gasteiger partial charge in [-0.1, -0.05) is 18.6 Å². The van der Waals surface area contributed by atoms with E-state index < -0.39 is 11.7 Å². The molecule has 0 spiro atoms. The number of unbranched alkanes of at least 4 members (excludes halogenated alkanes) is 2. The quantitative estimate of drug-likeness (QED) is 0.412. The van der Waals surface area contributed by atoms with E-state index in [0.717, 1.165) is 35.9 Å². The number of fused-ring (bicyclic) bond motifs is 1. The van der Waals surface area contributed by atoms with Crippen molar-refractivity contribution < 1.29 is 14.3 Å². The van der Waals surface area contributed by atoms with Crippen molar-refractivity contribution in [3.63, 3.8) is 0 Å². The molecule has 2 aromatic rings. The third-order valence-electron chi connectivity index (χ3n) is 3.67. The summed E-state index contributed by atoms with van der Waals surface area (Å²) in [5.41, 5.74) is 4.33. The van der Waals surface area contributed by atoms with Crippen LogP contribution >= 0.6 is 0 Å². The lowest BCUT2D eigenvalue weighted by Gasteiger charge is -2.19. The number of nitrogens with one attached hydrogen (secondary N) is 2. The molecule has 2 amide bonds. The summed E-state index contributed by atoms with van der Waals surface area (Å²) in [6.07, 6.45) is 7.11. The molecule has 0 bridgehead atoms. The Labute approximate surface area is 164 Å². The maximum absolute atomic E-state index is 11.9. The summed E-state index contributed by atoms with van der Waals surface area (Å²) in [5.74, 6) is -0.150. The monoisotopic (exact) mass is 385 g/mol. The Hall–Kier alpha value is -3.03. The number of carbonyl (C=O) groups excluding carboxylic acids is 2. The van der Waals surface area contributed by atoms with E-state index in [-0.39, 0.29) is 5.91 Å². The summed E-state index contributed by atoms with van der Waals surface area (Å²) >= 11 is 0. The van der Waals surface area contributed by atoms with E-state index in [1.165, 1.54) is 0 Å². The second kappa shape index (κ2) is 10.3. The lowest BCUT2D eigenvalue weighted by molar-refractivity contribution is -0.121. The molecule has 150 valence electrons. The second-order valence-electron chi connectivity index (χ2n) is 7.30. The third kappa shape index (κ3) is 7.69. The average Bonchev–Trinajstić information content (AvgIpc) is 2.63. The largest absolute Gasteiger partial charge is 0.444 e. The number of hydrogen-bond acceptors (Lipinski definition) is 6. The van der Waals surface area contributed by atoms with E-state index in [2.05, 4.69) is 25.8 Å². The van der Waals surface area contributed by atoms with Crippen molar-refractivity contribution in [2.75, 3.05) is 6.54 Å². The molecule has 0 saturated carbocycles. The van der Waals surface area contributed by atoms with Gasteiger partial charge in [0.1, 0.15) is 5.60 Å². The number of aromatic nitrogens is 2. The molecule has 2 N–H and O–H groups in total. The fourth-order valence-corrected chi connectivity index (χ4v) is 2.44. The van der Waals surface area contributed by atoms with Crippen molar-refractivity contribution in [3.8, 4) is 0 Å². The van der Waals surface area contributed by atoms with E-state index >= 15 is 0 Å². The van der Waals surface area contributed by atoms with Crippen LogP contribution in [0.3, 0.4) is 0 Å². The van der Waals surface area contributed by atoms with Gasteiger partial charge in [0.25, 0.3) is 0 Å². The topological polar surface area (TPSA) is 106 Å². The highest BCUT2D eigenvalue weighted by atomic mass is 16.6. The van der Waals surface area contributed by atoms with Gasteiger partial charge in [-0.15, -0.1) is 0 Å². The van der Waals surface area contributed by atoms with Gasteiger partial charge in [-0.3, -0.25) is 14.8 Å². The summed E-state index contributed by atoms with van der Waals surface area (Å²) in [7, 11) is 0. The van der Waals surface area contributed by atoms with Gasteiger partial charge < -0.3 is 10.1 Å². The van der Waals surface area contributed by atoms with Gasteiger partial charge in [0, 0.05) is 30.9 Å². The SMILES string of the molecule is CC(C)(C)OC(=O)NCCCCCC(=O)N/N=C/c1cccc2nccnc12. The molecule has 0 aliphatic carbocycles. The summed E-state index contributed by atoms with van der Waals surface area (Å²) in [5, 5.41) is 6.70. The Bertz CT molecular complexity index is 825. The number of nitrogens with zero attached hydrogens (tertiary/aromatic N) is 3. The molecule has 0 radical (unpaired) electrons. The Balaban J connectivity index is 1.63. The fraction of sp³-hybridized carbons (Fsp3) is 0.450. The number of hydrogen-bond donors (Lipinski definition) is 2. The van der Waals surface area contributed by atoms with Crippen molar-refractivity contribution in [2.45, 2.75) is 52.1 Å². The van der Waals surface area contributed by atoms with Crippen LogP contribution in [0, 0.1) is 0 Å². The molecule has 0 unspecified atom stereocenters. The van der Waals surface area contributed by atoms with Crippen LogP contribution in [0.2, 0.25) is 0 Å². The lowest BCUT2D eigenvalue weighted by atomic mass is 10.2. The molecule has 0 atom stereocenters. The summed E-state index contributed by atoms with van der Waals surface area (Å²) in [4.78, 5) is 31.9. The van der Waals surface area contributed by atoms with Gasteiger partial charge in [-0.25, -0.2) is 10.2 Å². The Morgan fingerprint density at radius 3 is 2.71 bits per heavy atom. The molecule has 8 nitrogen and oxygen atoms in total. The molecule has 2 rings (SSSR count). The maximum Gasteiger partial charge on any atom is 0.407 e. The minimum absolute atomic E-state index is 0.150. The average molecular weight is 385 g/mol. The molecule has 0 fully saturated rings. The molecular weight excluding hydrogens is 358 g/mol. The number of alkyl carbamates (subject to hydrolysis) is 1. The Kier molecular flexibility index (Phi) is 7.86. The van der Waals surface area contributed by atoms with E-state index in [9.17, 15) is 9.59 Å². The van der Waals surface area contributed by atoms with Crippen LogP contribution in [-0.4, -0.2) is 40.3 Å². The first-order valence-corrected chi connectivity index (χ1v) is 9.34. The van der Waals surface area contributed by atoms with Gasteiger partial charge >= 0.3 is 6.09 Å². The third-order valence-corrected chi connectivity index (χ3v) is 3.67. The van der Waals surface area contributed by atoms with E-state index in [1.807, 2.05) is 39.0 Å². The van der Waals surface area contributed by atoms with Crippen molar-refractivity contribution in [1.29, 1.82) is 0 Å². The first-order chi connectivity index (χ1) is 13.3. The number of amides is 2. The molecule has 0 aliphatic heterocycles. The molecule has 0 saturated heterocycles. The minimum atomic E-state index is -0.499. The van der Waals surface area contributed by atoms with Crippen LogP contribution in [0.25, 0.3) is 11.0 Å². The zero-order valence-electron chi connectivity index (χ0n) is 16.6. The van der Waals surface area contributed by atoms with Gasteiger partial charge in [0.05, 0.1) is 17.2 Å². The van der Waals surface area contributed by atoms with Crippen molar-refractivity contribution >= 4 is 29.2 Å². The molecule has 1 aromatic heterocycles. The normalized spacial score (nSPS) is 11.5. The molecule has 1 heterocycles. The second-order valence-corrected chi connectivity index (χ2v) is 7.30. The van der Waals surface area contributed by atoms with Crippen LogP contribution in [0.5, 0.6) is 0 Å². The summed E-state index contributed by atoms with van der Waals surface area (Å²) in [6, 6.07) is 5.60. The number of rotatable bonds is 8. The molecular formula is C20H27N5O3. The zero-order chi connectivity index (χ0) is 20.4. The van der Waals surface area contributed by atoms with Crippen molar-refractivity contribution in [2.24, 2.45) is 5.10 Å². The van der Waals surface area contributed by atoms with E-state index in [1.54, 1.807) is 18.6 Å². The standard InChI is InChI=1S/C20H27N5O3/c1-20(2,3)28-19(27)23-11-6-4-5-10-17(26)25-24-14-15-8-7-9-16-18(15)22-13-12-21-16/h7-9,12-14H,4-6,10-11H2,1-3H3,(H,23,27)(H,25,26)/b24-14+. The van der Waals surface area contributed by atoms with E-state index in [0.29, 0.717) is 13.0 Å². The molecule has 1 aromatic carbocycles. The van der Waals surface area contributed by atoms with Crippen LogP contribution in [0.15, 0.2) is 35.7 Å². The minimum Gasteiger partial charge on any atom is -0.444 e. The summed E-state index contributed by atoms with van der Waals surface area (Å²) < 4.78 is 5.15. The lowest BCUT2D eigenvalue weighted by Crippen LogP contribution is -2.33. The number of benzene rings is 1. The zero-order valence-corrected chi connectivity index (χ0v) is 16.6. The summed E-state index contributed by atoms with van der Waals surface area (Å²) in [6.45, 7) is 5.99. The van der Waals surface area contributed by atoms with Crippen molar-refractivity contribution in [3.05, 3.63) is 36.2 Å². The maximum atomic E-state index is 11.9. The van der Waals surface area contributed by atoms with Gasteiger partial charge in [-0.2, -0.15) is 5.10 Å². The molecule has 28 heavy (non-hydrogen) atoms. The predicted octanol–water partition coefficient (Wildman–Crippen LogP) is 3.17. The first-order valence-electron chi connectivity index (χ1n) is 9.34. The first kappa shape index (κ1) is 21.3. The van der Waals surface area contributed by atoms with Crippen LogP contribution < -0.4 is 10.7 Å². The van der Waals surface area contributed by atoms with Gasteiger partial charge in [-0.05, 0) is 39.7 Å². The fourth-order valence-electron chi connectivity index (χ4n) is 2.44. The predicted molar refractivity (Wildman–Crippen MR) is 108 cm³/mol. The number of hydrazone groups is 1. The number of carbonyl (C=O) groups is 2. The smallest absolute Gasteiger partial charge is 0.407 e. The Morgan fingerprint density at radius 1 is 1.14 bits per heavy atom. The highest BCUT2D eigenvalue weighted by Crippen LogP contribution is 2.11. The van der Waals surface area contributed by atoms with Crippen molar-refractivity contribution in [1.82, 2.24) is 20.7 Å². The van der Waals surface area contributed by atoms with Crippen LogP contribution in [0.4, 0.5) is 4.79 Å². The van der Waals surface area contributed by atoms with Gasteiger partial charge in [0.15, 0.2) is 0 Å². The Morgan fingerprint density at radius 2 is 1.93 bits per heavy atom. The van der Waals surface area contributed by atoms with Gasteiger partial charge in [0.2, 0.25) is 5.91 Å². The molecule has 0 aliphatic rings.